The molecule has 0 unspecified atom stereocenters. The average molecular weight is 201 g/mol. The molecule has 0 radical (unpaired) electrons. The molecule has 0 spiro atoms. The average Bonchev–Trinajstić information content (AvgIpc) is 2.10. The second-order valence-electron chi connectivity index (χ2n) is 3.18. The quantitative estimate of drug-likeness (QED) is 0.667. The molecule has 1 aliphatic heterocycles. The Labute approximate surface area is 82.7 Å². The SMILES string of the molecule is C=CC[C@H]1OC[C@@H](NC(=O)O)[C@@H](C)O1. The van der Waals surface area contributed by atoms with Gasteiger partial charge in [-0.25, -0.2) is 4.79 Å². The third-order valence-corrected chi connectivity index (χ3v) is 2.06. The summed E-state index contributed by atoms with van der Waals surface area (Å²) in [5.41, 5.74) is 0. The molecule has 0 saturated carbocycles. The minimum atomic E-state index is -1.06. The zero-order valence-corrected chi connectivity index (χ0v) is 8.10. The lowest BCUT2D eigenvalue weighted by Crippen LogP contribution is -2.51. The summed E-state index contributed by atoms with van der Waals surface area (Å²) in [5, 5.41) is 10.8. The van der Waals surface area contributed by atoms with Crippen LogP contribution in [0.1, 0.15) is 13.3 Å². The first-order valence-corrected chi connectivity index (χ1v) is 4.51. The van der Waals surface area contributed by atoms with E-state index >= 15 is 0 Å². The van der Waals surface area contributed by atoms with Gasteiger partial charge in [0.05, 0.1) is 18.8 Å². The fourth-order valence-electron chi connectivity index (χ4n) is 1.30. The lowest BCUT2D eigenvalue weighted by molar-refractivity contribution is -0.216. The molecule has 3 atom stereocenters. The van der Waals surface area contributed by atoms with Crippen LogP contribution < -0.4 is 5.32 Å². The molecule has 0 aliphatic carbocycles. The van der Waals surface area contributed by atoms with Gasteiger partial charge >= 0.3 is 6.09 Å². The van der Waals surface area contributed by atoms with Gasteiger partial charge in [0.1, 0.15) is 0 Å². The van der Waals surface area contributed by atoms with E-state index in [1.807, 2.05) is 6.92 Å². The zero-order valence-electron chi connectivity index (χ0n) is 8.10. The van der Waals surface area contributed by atoms with Gasteiger partial charge in [0.15, 0.2) is 6.29 Å². The summed E-state index contributed by atoms with van der Waals surface area (Å²) in [6.45, 7) is 5.74. The molecule has 5 heteroatoms. The van der Waals surface area contributed by atoms with Crippen LogP contribution in [-0.2, 0) is 9.47 Å². The van der Waals surface area contributed by atoms with Crippen LogP contribution in [0.4, 0.5) is 4.79 Å². The third-order valence-electron chi connectivity index (χ3n) is 2.06. The maximum atomic E-state index is 10.4. The van der Waals surface area contributed by atoms with E-state index in [2.05, 4.69) is 11.9 Å². The first kappa shape index (κ1) is 11.0. The lowest BCUT2D eigenvalue weighted by atomic mass is 10.2. The van der Waals surface area contributed by atoms with Crippen molar-refractivity contribution < 1.29 is 19.4 Å². The Morgan fingerprint density at radius 3 is 3.00 bits per heavy atom. The Kier molecular flexibility index (Phi) is 3.91. The molecule has 1 aliphatic rings. The third kappa shape index (κ3) is 3.01. The molecule has 1 amide bonds. The molecule has 0 aromatic rings. The van der Waals surface area contributed by atoms with Crippen molar-refractivity contribution in [3.05, 3.63) is 12.7 Å². The minimum absolute atomic E-state index is 0.176. The molecule has 1 heterocycles. The van der Waals surface area contributed by atoms with E-state index in [9.17, 15) is 4.79 Å². The Hall–Kier alpha value is -1.07. The largest absolute Gasteiger partial charge is 0.465 e. The normalized spacial score (nSPS) is 32.2. The highest BCUT2D eigenvalue weighted by atomic mass is 16.7. The van der Waals surface area contributed by atoms with E-state index < -0.39 is 6.09 Å². The van der Waals surface area contributed by atoms with Crippen molar-refractivity contribution in [1.82, 2.24) is 5.32 Å². The van der Waals surface area contributed by atoms with Crippen LogP contribution in [0, 0.1) is 0 Å². The fraction of sp³-hybridized carbons (Fsp3) is 0.667. The van der Waals surface area contributed by atoms with E-state index in [1.165, 1.54) is 0 Å². The maximum Gasteiger partial charge on any atom is 0.405 e. The molecule has 0 bridgehead atoms. The van der Waals surface area contributed by atoms with Crippen LogP contribution in [0.25, 0.3) is 0 Å². The van der Waals surface area contributed by atoms with Gasteiger partial charge < -0.3 is 19.9 Å². The van der Waals surface area contributed by atoms with Gasteiger partial charge in [-0.15, -0.1) is 6.58 Å². The Balaban J connectivity index is 2.39. The van der Waals surface area contributed by atoms with Crippen molar-refractivity contribution in [1.29, 1.82) is 0 Å². The van der Waals surface area contributed by atoms with E-state index in [1.54, 1.807) is 6.08 Å². The van der Waals surface area contributed by atoms with E-state index in [0.717, 1.165) is 0 Å². The second-order valence-corrected chi connectivity index (χ2v) is 3.18. The fourth-order valence-corrected chi connectivity index (χ4v) is 1.30. The molecule has 1 fully saturated rings. The predicted molar refractivity (Wildman–Crippen MR) is 50.0 cm³/mol. The Morgan fingerprint density at radius 2 is 2.50 bits per heavy atom. The summed E-state index contributed by atoms with van der Waals surface area (Å²) in [4.78, 5) is 10.4. The maximum absolute atomic E-state index is 10.4. The molecule has 0 aromatic carbocycles. The zero-order chi connectivity index (χ0) is 10.6. The van der Waals surface area contributed by atoms with Crippen molar-refractivity contribution in [2.24, 2.45) is 0 Å². The number of hydrogen-bond acceptors (Lipinski definition) is 3. The van der Waals surface area contributed by atoms with Crippen LogP contribution in [-0.4, -0.2) is 36.2 Å². The number of nitrogens with one attached hydrogen (secondary N) is 1. The summed E-state index contributed by atoms with van der Waals surface area (Å²) in [5.74, 6) is 0. The smallest absolute Gasteiger partial charge is 0.405 e. The summed E-state index contributed by atoms with van der Waals surface area (Å²) in [6.07, 6.45) is 0.794. The molecule has 1 saturated heterocycles. The molecular weight excluding hydrogens is 186 g/mol. The van der Waals surface area contributed by atoms with Crippen molar-refractivity contribution in [2.75, 3.05) is 6.61 Å². The summed E-state index contributed by atoms with van der Waals surface area (Å²) >= 11 is 0. The number of amides is 1. The van der Waals surface area contributed by atoms with Crippen LogP contribution in [0.15, 0.2) is 12.7 Å². The minimum Gasteiger partial charge on any atom is -0.465 e. The van der Waals surface area contributed by atoms with Crippen LogP contribution in [0.5, 0.6) is 0 Å². The number of ether oxygens (including phenoxy) is 2. The van der Waals surface area contributed by atoms with Crippen molar-refractivity contribution >= 4 is 6.09 Å². The van der Waals surface area contributed by atoms with Crippen molar-refractivity contribution in [3.8, 4) is 0 Å². The number of hydrogen-bond donors (Lipinski definition) is 2. The van der Waals surface area contributed by atoms with Gasteiger partial charge in [0.2, 0.25) is 0 Å². The van der Waals surface area contributed by atoms with Crippen molar-refractivity contribution in [2.45, 2.75) is 31.8 Å². The predicted octanol–water partition coefficient (Wildman–Crippen LogP) is 0.960. The first-order chi connectivity index (χ1) is 6.63. The number of carboxylic acid groups (broad SMARTS) is 1. The highest BCUT2D eigenvalue weighted by molar-refractivity contribution is 5.64. The van der Waals surface area contributed by atoms with Gasteiger partial charge in [0.25, 0.3) is 0 Å². The van der Waals surface area contributed by atoms with Crippen LogP contribution in [0.3, 0.4) is 0 Å². The van der Waals surface area contributed by atoms with Crippen LogP contribution >= 0.6 is 0 Å². The van der Waals surface area contributed by atoms with Gasteiger partial charge in [0, 0.05) is 6.42 Å². The molecule has 0 aromatic heterocycles. The molecule has 2 N–H and O–H groups in total. The molecule has 14 heavy (non-hydrogen) atoms. The van der Waals surface area contributed by atoms with E-state index in [4.69, 9.17) is 14.6 Å². The first-order valence-electron chi connectivity index (χ1n) is 4.51. The summed E-state index contributed by atoms with van der Waals surface area (Å²) in [7, 11) is 0. The molecule has 5 nitrogen and oxygen atoms in total. The van der Waals surface area contributed by atoms with E-state index in [0.29, 0.717) is 13.0 Å². The topological polar surface area (TPSA) is 67.8 Å². The van der Waals surface area contributed by atoms with Crippen molar-refractivity contribution in [3.63, 3.8) is 0 Å². The Bertz CT molecular complexity index is 219. The molecule has 80 valence electrons. The van der Waals surface area contributed by atoms with Gasteiger partial charge in [-0.3, -0.25) is 0 Å². The van der Waals surface area contributed by atoms with Gasteiger partial charge in [-0.1, -0.05) is 6.08 Å². The van der Waals surface area contributed by atoms with Gasteiger partial charge in [-0.2, -0.15) is 0 Å². The van der Waals surface area contributed by atoms with Crippen LogP contribution in [0.2, 0.25) is 0 Å². The molecular formula is C9H15NO4. The monoisotopic (exact) mass is 201 g/mol. The molecule has 1 rings (SSSR count). The van der Waals surface area contributed by atoms with Gasteiger partial charge in [-0.05, 0) is 6.92 Å². The standard InChI is InChI=1S/C9H15NO4/c1-3-4-8-13-5-7(6(2)14-8)10-9(11)12/h3,6-8,10H,1,4-5H2,2H3,(H,11,12)/t6-,7-,8+/m1/s1. The summed E-state index contributed by atoms with van der Waals surface area (Å²) in [6, 6.07) is -0.298. The Morgan fingerprint density at radius 1 is 1.79 bits per heavy atom. The second kappa shape index (κ2) is 4.97. The number of carbonyl (C=O) groups is 1. The van der Waals surface area contributed by atoms with E-state index in [-0.39, 0.29) is 18.4 Å². The number of rotatable bonds is 3. The summed E-state index contributed by atoms with van der Waals surface area (Å²) < 4.78 is 10.7. The lowest BCUT2D eigenvalue weighted by Gasteiger charge is -2.34. The highest BCUT2D eigenvalue weighted by Gasteiger charge is 2.29. The highest BCUT2D eigenvalue weighted by Crippen LogP contribution is 2.15.